The van der Waals surface area contributed by atoms with Crippen molar-refractivity contribution >= 4 is 5.91 Å². The fourth-order valence-electron chi connectivity index (χ4n) is 3.07. The molecule has 0 spiro atoms. The van der Waals surface area contributed by atoms with Crippen LogP contribution in [0.1, 0.15) is 22.6 Å². The Hall–Kier alpha value is -3.78. The predicted molar refractivity (Wildman–Crippen MR) is 111 cm³/mol. The molecule has 0 aromatic heterocycles. The first-order chi connectivity index (χ1) is 14.2. The van der Waals surface area contributed by atoms with Crippen molar-refractivity contribution in [2.75, 3.05) is 20.3 Å². The number of nitrogens with zero attached hydrogens (tertiary/aromatic N) is 1. The first-order valence-electron chi connectivity index (χ1n) is 9.29. The summed E-state index contributed by atoms with van der Waals surface area (Å²) >= 11 is 0. The Kier molecular flexibility index (Phi) is 6.85. The van der Waals surface area contributed by atoms with Crippen LogP contribution in [0.4, 0.5) is 0 Å². The number of nitriles is 1. The molecule has 3 aromatic carbocycles. The second-order valence-corrected chi connectivity index (χ2v) is 6.44. The maximum absolute atomic E-state index is 12.4. The molecule has 1 N–H and O–H groups in total. The van der Waals surface area contributed by atoms with Crippen molar-refractivity contribution in [2.24, 2.45) is 0 Å². The molecular weight excluding hydrogens is 364 g/mol. The Labute approximate surface area is 170 Å². The van der Waals surface area contributed by atoms with Crippen molar-refractivity contribution in [3.8, 4) is 17.6 Å². The van der Waals surface area contributed by atoms with E-state index in [1.807, 2.05) is 42.5 Å². The summed E-state index contributed by atoms with van der Waals surface area (Å²) in [6.07, 6.45) is 0. The fraction of sp³-hybridized carbons (Fsp3) is 0.167. The molecule has 0 radical (unpaired) electrons. The topological polar surface area (TPSA) is 71.3 Å². The number of ether oxygens (including phenoxy) is 2. The van der Waals surface area contributed by atoms with Gasteiger partial charge in [0, 0.05) is 18.5 Å². The molecule has 0 aliphatic heterocycles. The SMILES string of the molecule is COc1cc(C#N)ccc1OCC(=O)NCC(c1ccccc1)c1ccccc1. The monoisotopic (exact) mass is 386 g/mol. The first-order valence-corrected chi connectivity index (χ1v) is 9.29. The van der Waals surface area contributed by atoms with Crippen molar-refractivity contribution < 1.29 is 14.3 Å². The normalized spacial score (nSPS) is 10.2. The molecule has 3 rings (SSSR count). The van der Waals surface area contributed by atoms with Crippen LogP contribution >= 0.6 is 0 Å². The number of hydrogen-bond donors (Lipinski definition) is 1. The molecule has 0 fully saturated rings. The molecule has 0 heterocycles. The van der Waals surface area contributed by atoms with Gasteiger partial charge in [-0.1, -0.05) is 60.7 Å². The van der Waals surface area contributed by atoms with Crippen molar-refractivity contribution in [3.05, 3.63) is 95.6 Å². The molecular formula is C24H22N2O3. The van der Waals surface area contributed by atoms with Crippen molar-refractivity contribution in [2.45, 2.75) is 5.92 Å². The molecule has 0 saturated carbocycles. The minimum atomic E-state index is -0.228. The lowest BCUT2D eigenvalue weighted by atomic mass is 9.91. The second-order valence-electron chi connectivity index (χ2n) is 6.44. The minimum Gasteiger partial charge on any atom is -0.493 e. The smallest absolute Gasteiger partial charge is 0.257 e. The zero-order valence-electron chi connectivity index (χ0n) is 16.2. The van der Waals surface area contributed by atoms with Crippen LogP contribution in [-0.2, 0) is 4.79 Å². The van der Waals surface area contributed by atoms with E-state index in [0.29, 0.717) is 23.6 Å². The summed E-state index contributed by atoms with van der Waals surface area (Å²) in [7, 11) is 1.49. The van der Waals surface area contributed by atoms with E-state index in [1.165, 1.54) is 7.11 Å². The van der Waals surface area contributed by atoms with Crippen LogP contribution in [0.2, 0.25) is 0 Å². The maximum Gasteiger partial charge on any atom is 0.257 e. The van der Waals surface area contributed by atoms with Crippen LogP contribution in [-0.4, -0.2) is 26.2 Å². The van der Waals surface area contributed by atoms with Gasteiger partial charge in [0.2, 0.25) is 0 Å². The average molecular weight is 386 g/mol. The number of amides is 1. The molecule has 0 atom stereocenters. The van der Waals surface area contributed by atoms with Crippen molar-refractivity contribution in [1.82, 2.24) is 5.32 Å². The molecule has 0 unspecified atom stereocenters. The van der Waals surface area contributed by atoms with E-state index in [-0.39, 0.29) is 18.4 Å². The highest BCUT2D eigenvalue weighted by Gasteiger charge is 2.16. The molecule has 146 valence electrons. The van der Waals surface area contributed by atoms with Crippen LogP contribution in [0.3, 0.4) is 0 Å². The van der Waals surface area contributed by atoms with Crippen LogP contribution < -0.4 is 14.8 Å². The van der Waals surface area contributed by atoms with Gasteiger partial charge in [0.05, 0.1) is 18.7 Å². The number of methoxy groups -OCH3 is 1. The third-order valence-corrected chi connectivity index (χ3v) is 4.56. The number of carbonyl (C=O) groups excluding carboxylic acids is 1. The van der Waals surface area contributed by atoms with Gasteiger partial charge in [0.1, 0.15) is 0 Å². The highest BCUT2D eigenvalue weighted by atomic mass is 16.5. The number of benzene rings is 3. The molecule has 0 aliphatic carbocycles. The molecule has 1 amide bonds. The van der Waals surface area contributed by atoms with E-state index in [1.54, 1.807) is 18.2 Å². The predicted octanol–water partition coefficient (Wildman–Crippen LogP) is 3.89. The summed E-state index contributed by atoms with van der Waals surface area (Å²) in [6, 6.07) is 27.0. The van der Waals surface area contributed by atoms with Gasteiger partial charge in [0.15, 0.2) is 18.1 Å². The van der Waals surface area contributed by atoms with Crippen LogP contribution in [0.5, 0.6) is 11.5 Å². The maximum atomic E-state index is 12.4. The Balaban J connectivity index is 1.63. The highest BCUT2D eigenvalue weighted by Crippen LogP contribution is 2.28. The molecule has 0 saturated heterocycles. The molecule has 5 heteroatoms. The standard InChI is InChI=1S/C24H22N2O3/c1-28-23-14-18(15-25)12-13-22(23)29-17-24(27)26-16-21(19-8-4-2-5-9-19)20-10-6-3-7-11-20/h2-14,21H,16-17H2,1H3,(H,26,27). The third-order valence-electron chi connectivity index (χ3n) is 4.56. The van der Waals surface area contributed by atoms with Gasteiger partial charge in [-0.05, 0) is 23.3 Å². The Morgan fingerprint density at radius 1 is 0.966 bits per heavy atom. The van der Waals surface area contributed by atoms with Gasteiger partial charge in [-0.25, -0.2) is 0 Å². The lowest BCUT2D eigenvalue weighted by molar-refractivity contribution is -0.123. The molecule has 0 bridgehead atoms. The van der Waals surface area contributed by atoms with E-state index in [9.17, 15) is 4.79 Å². The number of carbonyl (C=O) groups is 1. The van der Waals surface area contributed by atoms with E-state index < -0.39 is 0 Å². The zero-order valence-corrected chi connectivity index (χ0v) is 16.2. The van der Waals surface area contributed by atoms with E-state index >= 15 is 0 Å². The quantitative estimate of drug-likeness (QED) is 0.637. The lowest BCUT2D eigenvalue weighted by Gasteiger charge is -2.19. The summed E-state index contributed by atoms with van der Waals surface area (Å²) in [5.74, 6) is 0.659. The Bertz CT molecular complexity index is 943. The summed E-state index contributed by atoms with van der Waals surface area (Å²) in [5.41, 5.74) is 2.73. The van der Waals surface area contributed by atoms with Crippen molar-refractivity contribution in [1.29, 1.82) is 5.26 Å². The van der Waals surface area contributed by atoms with Crippen LogP contribution in [0.15, 0.2) is 78.9 Å². The van der Waals surface area contributed by atoms with Gasteiger partial charge in [-0.15, -0.1) is 0 Å². The number of rotatable bonds is 8. The molecule has 29 heavy (non-hydrogen) atoms. The van der Waals surface area contributed by atoms with Gasteiger partial charge >= 0.3 is 0 Å². The zero-order chi connectivity index (χ0) is 20.5. The summed E-state index contributed by atoms with van der Waals surface area (Å²) < 4.78 is 10.8. The molecule has 3 aromatic rings. The van der Waals surface area contributed by atoms with Crippen LogP contribution in [0.25, 0.3) is 0 Å². The Morgan fingerprint density at radius 3 is 2.14 bits per heavy atom. The van der Waals surface area contributed by atoms with Gasteiger partial charge in [-0.2, -0.15) is 5.26 Å². The molecule has 5 nitrogen and oxygen atoms in total. The van der Waals surface area contributed by atoms with E-state index in [4.69, 9.17) is 14.7 Å². The highest BCUT2D eigenvalue weighted by molar-refractivity contribution is 5.77. The van der Waals surface area contributed by atoms with E-state index in [0.717, 1.165) is 11.1 Å². The Morgan fingerprint density at radius 2 is 1.59 bits per heavy atom. The summed E-state index contributed by atoms with van der Waals surface area (Å²) in [5, 5.41) is 11.9. The largest absolute Gasteiger partial charge is 0.493 e. The van der Waals surface area contributed by atoms with Gasteiger partial charge in [0.25, 0.3) is 5.91 Å². The minimum absolute atomic E-state index is 0.0470. The number of hydrogen-bond acceptors (Lipinski definition) is 4. The van der Waals surface area contributed by atoms with E-state index in [2.05, 4.69) is 29.6 Å². The second kappa shape index (κ2) is 9.95. The third kappa shape index (κ3) is 5.36. The summed E-state index contributed by atoms with van der Waals surface area (Å²) in [4.78, 5) is 12.4. The average Bonchev–Trinajstić information content (AvgIpc) is 2.79. The fourth-order valence-corrected chi connectivity index (χ4v) is 3.07. The van der Waals surface area contributed by atoms with Crippen LogP contribution in [0, 0.1) is 11.3 Å². The lowest BCUT2D eigenvalue weighted by Crippen LogP contribution is -2.32. The van der Waals surface area contributed by atoms with Gasteiger partial charge in [-0.3, -0.25) is 4.79 Å². The molecule has 0 aliphatic rings. The van der Waals surface area contributed by atoms with Crippen molar-refractivity contribution in [3.63, 3.8) is 0 Å². The summed E-state index contributed by atoms with van der Waals surface area (Å²) in [6.45, 7) is 0.319. The van der Waals surface area contributed by atoms with Gasteiger partial charge < -0.3 is 14.8 Å². The number of nitrogens with one attached hydrogen (secondary N) is 1. The first kappa shape index (κ1) is 20.0.